The number of H-pyrrole nitrogens is 1. The van der Waals surface area contributed by atoms with Crippen molar-refractivity contribution in [3.63, 3.8) is 0 Å². The maximum Gasteiger partial charge on any atom is 0.0925 e. The van der Waals surface area contributed by atoms with E-state index in [0.29, 0.717) is 0 Å². The number of aryl methyl sites for hydroxylation is 1. The number of aromatic nitrogens is 2. The molecular formula is C13H13N3S. The van der Waals surface area contributed by atoms with Gasteiger partial charge in [0.2, 0.25) is 0 Å². The van der Waals surface area contributed by atoms with Crippen molar-refractivity contribution in [3.8, 4) is 0 Å². The lowest BCUT2D eigenvalue weighted by Crippen LogP contribution is -2.00. The van der Waals surface area contributed by atoms with E-state index < -0.39 is 0 Å². The maximum absolute atomic E-state index is 4.27. The van der Waals surface area contributed by atoms with Gasteiger partial charge in [-0.15, -0.1) is 11.3 Å². The van der Waals surface area contributed by atoms with Gasteiger partial charge >= 0.3 is 0 Å². The molecule has 1 aromatic carbocycles. The molecule has 0 fully saturated rings. The fraction of sp³-hybridized carbons (Fsp3) is 0.154. The summed E-state index contributed by atoms with van der Waals surface area (Å²) in [6, 6.07) is 8.58. The van der Waals surface area contributed by atoms with Crippen LogP contribution in [0, 0.1) is 6.92 Å². The average molecular weight is 243 g/mol. The Morgan fingerprint density at radius 1 is 1.35 bits per heavy atom. The first-order valence-corrected chi connectivity index (χ1v) is 6.41. The monoisotopic (exact) mass is 243 g/mol. The Bertz CT molecular complexity index is 639. The predicted octanol–water partition coefficient (Wildman–Crippen LogP) is 3.54. The summed E-state index contributed by atoms with van der Waals surface area (Å²) >= 11 is 1.77. The minimum Gasteiger partial charge on any atom is -0.379 e. The zero-order chi connectivity index (χ0) is 11.7. The zero-order valence-corrected chi connectivity index (χ0v) is 10.3. The number of imidazole rings is 1. The second-order valence-electron chi connectivity index (χ2n) is 4.00. The van der Waals surface area contributed by atoms with Gasteiger partial charge in [-0.25, -0.2) is 4.98 Å². The molecule has 3 rings (SSSR count). The third kappa shape index (κ3) is 2.03. The smallest absolute Gasteiger partial charge is 0.0925 e. The van der Waals surface area contributed by atoms with Crippen LogP contribution >= 0.6 is 11.3 Å². The summed E-state index contributed by atoms with van der Waals surface area (Å²) in [5, 5.41) is 6.80. The summed E-state index contributed by atoms with van der Waals surface area (Å²) in [7, 11) is 0. The molecule has 17 heavy (non-hydrogen) atoms. The summed E-state index contributed by atoms with van der Waals surface area (Å²) < 4.78 is 1.33. The molecule has 0 aliphatic carbocycles. The van der Waals surface area contributed by atoms with Gasteiger partial charge < -0.3 is 10.3 Å². The molecule has 2 N–H and O–H groups in total. The van der Waals surface area contributed by atoms with Gasteiger partial charge in [0.15, 0.2) is 0 Å². The third-order valence-corrected chi connectivity index (χ3v) is 3.74. The lowest BCUT2D eigenvalue weighted by Gasteiger charge is -2.05. The summed E-state index contributed by atoms with van der Waals surface area (Å²) in [6.07, 6.45) is 1.73. The van der Waals surface area contributed by atoms with Crippen LogP contribution in [0.25, 0.3) is 10.1 Å². The second-order valence-corrected chi connectivity index (χ2v) is 4.95. The predicted molar refractivity (Wildman–Crippen MR) is 72.5 cm³/mol. The molecule has 0 radical (unpaired) electrons. The van der Waals surface area contributed by atoms with Crippen LogP contribution in [0.1, 0.15) is 11.4 Å². The van der Waals surface area contributed by atoms with E-state index in [4.69, 9.17) is 0 Å². The van der Waals surface area contributed by atoms with Crippen molar-refractivity contribution in [2.45, 2.75) is 13.5 Å². The average Bonchev–Trinajstić information content (AvgIpc) is 2.94. The van der Waals surface area contributed by atoms with Crippen LogP contribution in [0.2, 0.25) is 0 Å². The van der Waals surface area contributed by atoms with Gasteiger partial charge in [0.1, 0.15) is 0 Å². The summed E-state index contributed by atoms with van der Waals surface area (Å²) in [5.74, 6) is 0. The number of thiophene rings is 1. The van der Waals surface area contributed by atoms with Crippen LogP contribution in [0.4, 0.5) is 5.69 Å². The largest absolute Gasteiger partial charge is 0.379 e. The Balaban J connectivity index is 1.78. The first-order valence-electron chi connectivity index (χ1n) is 5.53. The van der Waals surface area contributed by atoms with E-state index in [1.54, 1.807) is 17.7 Å². The second kappa shape index (κ2) is 4.22. The van der Waals surface area contributed by atoms with Gasteiger partial charge in [0.25, 0.3) is 0 Å². The van der Waals surface area contributed by atoms with Crippen LogP contribution in [-0.4, -0.2) is 9.97 Å². The molecule has 2 heterocycles. The number of hydrogen-bond donors (Lipinski definition) is 2. The Morgan fingerprint density at radius 2 is 2.29 bits per heavy atom. The van der Waals surface area contributed by atoms with E-state index in [0.717, 1.165) is 23.6 Å². The van der Waals surface area contributed by atoms with Crippen molar-refractivity contribution < 1.29 is 0 Å². The van der Waals surface area contributed by atoms with Gasteiger partial charge in [-0.05, 0) is 42.0 Å². The van der Waals surface area contributed by atoms with Crippen LogP contribution in [-0.2, 0) is 6.54 Å². The van der Waals surface area contributed by atoms with E-state index >= 15 is 0 Å². The SMILES string of the molecule is Cc1[nH]cnc1CNc1ccc2sccc2c1. The summed E-state index contributed by atoms with van der Waals surface area (Å²) in [4.78, 5) is 7.35. The molecule has 0 spiro atoms. The number of aromatic amines is 1. The minimum absolute atomic E-state index is 0.755. The number of nitrogens with one attached hydrogen (secondary N) is 2. The molecule has 4 heteroatoms. The lowest BCUT2D eigenvalue weighted by atomic mass is 10.2. The molecule has 86 valence electrons. The molecule has 3 aromatic rings. The first kappa shape index (κ1) is 10.4. The molecule has 0 saturated carbocycles. The molecule has 0 aliphatic rings. The van der Waals surface area contributed by atoms with Gasteiger partial charge in [0, 0.05) is 16.1 Å². The molecule has 0 amide bonds. The van der Waals surface area contributed by atoms with Crippen LogP contribution in [0.5, 0.6) is 0 Å². The number of nitrogens with zero attached hydrogens (tertiary/aromatic N) is 1. The molecule has 0 unspecified atom stereocenters. The highest BCUT2D eigenvalue weighted by atomic mass is 32.1. The fourth-order valence-corrected chi connectivity index (χ4v) is 2.60. The molecular weight excluding hydrogens is 230 g/mol. The first-order chi connectivity index (χ1) is 8.33. The normalized spacial score (nSPS) is 10.9. The number of anilines is 1. The quantitative estimate of drug-likeness (QED) is 0.738. The fourth-order valence-electron chi connectivity index (χ4n) is 1.83. The molecule has 0 bridgehead atoms. The van der Waals surface area contributed by atoms with Crippen LogP contribution in [0.3, 0.4) is 0 Å². The van der Waals surface area contributed by atoms with Gasteiger partial charge in [-0.1, -0.05) is 0 Å². The topological polar surface area (TPSA) is 40.7 Å². The molecule has 0 saturated heterocycles. The Kier molecular flexibility index (Phi) is 2.57. The molecule has 0 aliphatic heterocycles. The molecule has 3 nitrogen and oxygen atoms in total. The maximum atomic E-state index is 4.27. The van der Waals surface area contributed by atoms with E-state index in [2.05, 4.69) is 44.9 Å². The Morgan fingerprint density at radius 3 is 3.12 bits per heavy atom. The Labute approximate surface area is 104 Å². The third-order valence-electron chi connectivity index (χ3n) is 2.85. The lowest BCUT2D eigenvalue weighted by molar-refractivity contribution is 1.05. The van der Waals surface area contributed by atoms with Crippen LogP contribution in [0.15, 0.2) is 36.0 Å². The number of rotatable bonds is 3. The summed E-state index contributed by atoms with van der Waals surface area (Å²) in [5.41, 5.74) is 3.32. The van der Waals surface area contributed by atoms with Gasteiger partial charge in [0.05, 0.1) is 18.6 Å². The van der Waals surface area contributed by atoms with Gasteiger partial charge in [-0.3, -0.25) is 0 Å². The van der Waals surface area contributed by atoms with E-state index in [1.807, 2.05) is 6.92 Å². The van der Waals surface area contributed by atoms with Crippen molar-refractivity contribution in [2.24, 2.45) is 0 Å². The van der Waals surface area contributed by atoms with Crippen LogP contribution < -0.4 is 5.32 Å². The minimum atomic E-state index is 0.755. The van der Waals surface area contributed by atoms with E-state index in [-0.39, 0.29) is 0 Å². The number of fused-ring (bicyclic) bond motifs is 1. The molecule has 2 aromatic heterocycles. The van der Waals surface area contributed by atoms with Crippen molar-refractivity contribution >= 4 is 27.1 Å². The highest BCUT2D eigenvalue weighted by molar-refractivity contribution is 7.17. The highest BCUT2D eigenvalue weighted by Gasteiger charge is 2.01. The van der Waals surface area contributed by atoms with Gasteiger partial charge in [-0.2, -0.15) is 0 Å². The van der Waals surface area contributed by atoms with Crippen molar-refractivity contribution in [1.82, 2.24) is 9.97 Å². The van der Waals surface area contributed by atoms with Crippen molar-refractivity contribution in [2.75, 3.05) is 5.32 Å². The summed E-state index contributed by atoms with van der Waals surface area (Å²) in [6.45, 7) is 2.79. The zero-order valence-electron chi connectivity index (χ0n) is 9.53. The molecule has 0 atom stereocenters. The highest BCUT2D eigenvalue weighted by Crippen LogP contribution is 2.24. The standard InChI is InChI=1S/C13H13N3S/c1-9-12(16-8-15-9)7-14-11-2-3-13-10(6-11)4-5-17-13/h2-6,8,14H,7H2,1H3,(H,15,16). The van der Waals surface area contributed by atoms with Crippen molar-refractivity contribution in [3.05, 3.63) is 47.4 Å². The number of hydrogen-bond acceptors (Lipinski definition) is 3. The van der Waals surface area contributed by atoms with E-state index in [9.17, 15) is 0 Å². The van der Waals surface area contributed by atoms with E-state index in [1.165, 1.54) is 10.1 Å². The van der Waals surface area contributed by atoms with Crippen molar-refractivity contribution in [1.29, 1.82) is 0 Å². The Hall–Kier alpha value is -1.81. The number of benzene rings is 1.